The molecule has 0 radical (unpaired) electrons. The predicted octanol–water partition coefficient (Wildman–Crippen LogP) is 3.11. The van der Waals surface area contributed by atoms with Gasteiger partial charge in [0, 0.05) is 24.6 Å². The molecule has 1 aromatic carbocycles. The van der Waals surface area contributed by atoms with Crippen molar-refractivity contribution in [2.24, 2.45) is 5.92 Å². The molecule has 0 saturated carbocycles. The number of rotatable bonds is 3. The molecule has 3 nitrogen and oxygen atoms in total. The highest BCUT2D eigenvalue weighted by Crippen LogP contribution is 2.46. The van der Waals surface area contributed by atoms with Gasteiger partial charge in [-0.3, -0.25) is 0 Å². The molecule has 1 aliphatic carbocycles. The molecule has 1 aromatic rings. The van der Waals surface area contributed by atoms with Crippen LogP contribution >= 0.6 is 12.4 Å². The van der Waals surface area contributed by atoms with Crippen LogP contribution in [-0.4, -0.2) is 38.8 Å². The lowest BCUT2D eigenvalue weighted by atomic mass is 9.76. The van der Waals surface area contributed by atoms with E-state index < -0.39 is 0 Å². The molecular weight excluding hydrogens is 274 g/mol. The van der Waals surface area contributed by atoms with Crippen LogP contribution in [0.5, 0.6) is 11.5 Å². The van der Waals surface area contributed by atoms with E-state index >= 15 is 0 Å². The largest absolute Gasteiger partial charge is 0.493 e. The number of methoxy groups -OCH3 is 2. The van der Waals surface area contributed by atoms with Crippen LogP contribution in [0, 0.1) is 5.92 Å². The zero-order chi connectivity index (χ0) is 13.4. The topological polar surface area (TPSA) is 21.7 Å². The number of nitrogens with zero attached hydrogens (tertiary/aromatic N) is 1. The highest BCUT2D eigenvalue weighted by Gasteiger charge is 2.38. The molecule has 112 valence electrons. The Hall–Kier alpha value is -0.930. The minimum Gasteiger partial charge on any atom is -0.493 e. The SMILES string of the molecule is CCN1CC2CCc3c(ccc(OC)c3OC)C2C1.Cl. The Bertz CT molecular complexity index is 478. The predicted molar refractivity (Wildman–Crippen MR) is 83.5 cm³/mol. The van der Waals surface area contributed by atoms with Crippen LogP contribution < -0.4 is 9.47 Å². The van der Waals surface area contributed by atoms with E-state index in [1.165, 1.54) is 30.6 Å². The number of halogens is 1. The van der Waals surface area contributed by atoms with E-state index in [9.17, 15) is 0 Å². The fraction of sp³-hybridized carbons (Fsp3) is 0.625. The average molecular weight is 298 g/mol. The van der Waals surface area contributed by atoms with Gasteiger partial charge in [-0.25, -0.2) is 0 Å². The maximum atomic E-state index is 5.60. The summed E-state index contributed by atoms with van der Waals surface area (Å²) in [4.78, 5) is 2.57. The second kappa shape index (κ2) is 6.23. The van der Waals surface area contributed by atoms with E-state index in [1.807, 2.05) is 0 Å². The van der Waals surface area contributed by atoms with Crippen molar-refractivity contribution in [3.05, 3.63) is 23.3 Å². The third-order valence-electron chi connectivity index (χ3n) is 4.81. The molecule has 0 amide bonds. The Kier molecular flexibility index (Phi) is 4.82. The summed E-state index contributed by atoms with van der Waals surface area (Å²) in [6.07, 6.45) is 2.39. The Balaban J connectivity index is 0.00000147. The molecule has 0 spiro atoms. The van der Waals surface area contributed by atoms with Gasteiger partial charge in [0.25, 0.3) is 0 Å². The molecule has 1 fully saturated rings. The van der Waals surface area contributed by atoms with Crippen molar-refractivity contribution in [1.29, 1.82) is 0 Å². The van der Waals surface area contributed by atoms with Gasteiger partial charge >= 0.3 is 0 Å². The van der Waals surface area contributed by atoms with Crippen molar-refractivity contribution in [2.75, 3.05) is 33.9 Å². The summed E-state index contributed by atoms with van der Waals surface area (Å²) in [7, 11) is 3.46. The average Bonchev–Trinajstić information content (AvgIpc) is 2.89. The van der Waals surface area contributed by atoms with Crippen LogP contribution in [0.25, 0.3) is 0 Å². The summed E-state index contributed by atoms with van der Waals surface area (Å²) in [5.74, 6) is 3.33. The summed E-state index contributed by atoms with van der Waals surface area (Å²) in [6, 6.07) is 4.32. The lowest BCUT2D eigenvalue weighted by molar-refractivity contribution is 0.335. The van der Waals surface area contributed by atoms with Crippen molar-refractivity contribution in [3.63, 3.8) is 0 Å². The number of likely N-dealkylation sites (N-methyl/N-ethyl adjacent to an activating group) is 1. The number of likely N-dealkylation sites (tertiary alicyclic amines) is 1. The van der Waals surface area contributed by atoms with E-state index in [-0.39, 0.29) is 12.4 Å². The molecule has 1 heterocycles. The van der Waals surface area contributed by atoms with Gasteiger partial charge in [0.1, 0.15) is 0 Å². The number of fused-ring (bicyclic) bond motifs is 3. The Morgan fingerprint density at radius 3 is 2.65 bits per heavy atom. The first-order valence-corrected chi connectivity index (χ1v) is 7.24. The second-order valence-corrected chi connectivity index (χ2v) is 5.63. The van der Waals surface area contributed by atoms with Crippen molar-refractivity contribution < 1.29 is 9.47 Å². The van der Waals surface area contributed by atoms with Gasteiger partial charge in [-0.1, -0.05) is 13.0 Å². The van der Waals surface area contributed by atoms with Gasteiger partial charge in [-0.15, -0.1) is 12.4 Å². The summed E-state index contributed by atoms with van der Waals surface area (Å²) in [5, 5.41) is 0. The van der Waals surface area contributed by atoms with E-state index in [0.717, 1.165) is 30.4 Å². The highest BCUT2D eigenvalue weighted by atomic mass is 35.5. The molecule has 1 aliphatic heterocycles. The van der Waals surface area contributed by atoms with Gasteiger partial charge in [0.05, 0.1) is 14.2 Å². The minimum absolute atomic E-state index is 0. The standard InChI is InChI=1S/C16H23NO2.ClH/c1-4-17-9-11-5-6-13-12(14(11)10-17)7-8-15(18-2)16(13)19-3;/h7-8,11,14H,4-6,9-10H2,1-3H3;1H. The number of hydrogen-bond acceptors (Lipinski definition) is 3. The Morgan fingerprint density at radius 2 is 2.00 bits per heavy atom. The number of ether oxygens (including phenoxy) is 2. The van der Waals surface area contributed by atoms with Crippen molar-refractivity contribution in [1.82, 2.24) is 4.90 Å². The number of benzene rings is 1. The lowest BCUT2D eigenvalue weighted by Gasteiger charge is -2.29. The normalized spacial score (nSPS) is 24.6. The fourth-order valence-electron chi connectivity index (χ4n) is 3.80. The molecule has 20 heavy (non-hydrogen) atoms. The molecule has 2 unspecified atom stereocenters. The molecule has 4 heteroatoms. The third-order valence-corrected chi connectivity index (χ3v) is 4.81. The highest BCUT2D eigenvalue weighted by molar-refractivity contribution is 5.85. The molecule has 3 rings (SSSR count). The smallest absolute Gasteiger partial charge is 0.164 e. The van der Waals surface area contributed by atoms with Crippen molar-refractivity contribution in [2.45, 2.75) is 25.7 Å². The Labute approximate surface area is 127 Å². The zero-order valence-corrected chi connectivity index (χ0v) is 13.3. The van der Waals surface area contributed by atoms with E-state index in [4.69, 9.17) is 9.47 Å². The summed E-state index contributed by atoms with van der Waals surface area (Å²) in [5.41, 5.74) is 2.87. The van der Waals surface area contributed by atoms with Crippen LogP contribution in [0.1, 0.15) is 30.4 Å². The zero-order valence-electron chi connectivity index (χ0n) is 12.5. The fourth-order valence-corrected chi connectivity index (χ4v) is 3.80. The summed E-state index contributed by atoms with van der Waals surface area (Å²) >= 11 is 0. The van der Waals surface area contributed by atoms with Gasteiger partial charge in [-0.05, 0) is 36.9 Å². The molecule has 2 aliphatic rings. The Morgan fingerprint density at radius 1 is 1.20 bits per heavy atom. The molecular formula is C16H24ClNO2. The molecule has 0 bridgehead atoms. The molecule has 0 N–H and O–H groups in total. The summed E-state index contributed by atoms with van der Waals surface area (Å²) in [6.45, 7) is 5.88. The second-order valence-electron chi connectivity index (χ2n) is 5.63. The maximum absolute atomic E-state index is 5.60. The minimum atomic E-state index is 0. The van der Waals surface area contributed by atoms with E-state index in [1.54, 1.807) is 14.2 Å². The number of hydrogen-bond donors (Lipinski definition) is 0. The first-order valence-electron chi connectivity index (χ1n) is 7.24. The molecule has 1 saturated heterocycles. The molecule has 0 aromatic heterocycles. The van der Waals surface area contributed by atoms with Gasteiger partial charge in [0.2, 0.25) is 0 Å². The van der Waals surface area contributed by atoms with Crippen molar-refractivity contribution >= 4 is 12.4 Å². The molecule has 2 atom stereocenters. The van der Waals surface area contributed by atoms with Gasteiger partial charge < -0.3 is 14.4 Å². The van der Waals surface area contributed by atoms with Crippen LogP contribution in [0.15, 0.2) is 12.1 Å². The monoisotopic (exact) mass is 297 g/mol. The quantitative estimate of drug-likeness (QED) is 0.856. The van der Waals surface area contributed by atoms with E-state index in [0.29, 0.717) is 5.92 Å². The maximum Gasteiger partial charge on any atom is 0.164 e. The van der Waals surface area contributed by atoms with Gasteiger partial charge in [-0.2, -0.15) is 0 Å². The van der Waals surface area contributed by atoms with Crippen LogP contribution in [0.3, 0.4) is 0 Å². The first kappa shape index (κ1) is 15.5. The van der Waals surface area contributed by atoms with Crippen molar-refractivity contribution in [3.8, 4) is 11.5 Å². The van der Waals surface area contributed by atoms with Crippen LogP contribution in [-0.2, 0) is 6.42 Å². The first-order chi connectivity index (χ1) is 9.28. The van der Waals surface area contributed by atoms with Gasteiger partial charge in [0.15, 0.2) is 11.5 Å². The van der Waals surface area contributed by atoms with Crippen LogP contribution in [0.4, 0.5) is 0 Å². The third kappa shape index (κ3) is 2.38. The lowest BCUT2D eigenvalue weighted by Crippen LogP contribution is -2.20. The van der Waals surface area contributed by atoms with Crippen LogP contribution in [0.2, 0.25) is 0 Å². The van der Waals surface area contributed by atoms with E-state index in [2.05, 4.69) is 24.0 Å². The summed E-state index contributed by atoms with van der Waals surface area (Å²) < 4.78 is 11.0.